The van der Waals surface area contributed by atoms with Gasteiger partial charge in [0.25, 0.3) is 0 Å². The monoisotopic (exact) mass is 103 g/mol. The van der Waals surface area contributed by atoms with E-state index in [9.17, 15) is 0 Å². The summed E-state index contributed by atoms with van der Waals surface area (Å²) in [6.45, 7) is 5.97. The summed E-state index contributed by atoms with van der Waals surface area (Å²) in [5.74, 6) is 0. The number of hydrogen-bond donors (Lipinski definition) is 1. The maximum Gasteiger partial charge on any atom is 0.0812 e. The van der Waals surface area contributed by atoms with Crippen LogP contribution >= 0.6 is 0 Å². The van der Waals surface area contributed by atoms with Crippen LogP contribution in [-0.4, -0.2) is 12.6 Å². The molecule has 2 nitrogen and oxygen atoms in total. The zero-order chi connectivity index (χ0) is 5.91. The second-order valence-corrected chi connectivity index (χ2v) is 2.42. The van der Waals surface area contributed by atoms with Crippen molar-refractivity contribution in [3.05, 3.63) is 0 Å². The normalized spacial score (nSPS) is 12.0. The third-order valence-electron chi connectivity index (χ3n) is 0.408. The van der Waals surface area contributed by atoms with Crippen LogP contribution in [-0.2, 0) is 4.84 Å². The van der Waals surface area contributed by atoms with Crippen molar-refractivity contribution in [1.82, 2.24) is 5.48 Å². The van der Waals surface area contributed by atoms with Crippen LogP contribution in [0.2, 0.25) is 0 Å². The molecular weight excluding hydrogens is 90.1 g/mol. The Balaban J connectivity index is 3.15. The van der Waals surface area contributed by atoms with E-state index in [0.717, 1.165) is 0 Å². The summed E-state index contributed by atoms with van der Waals surface area (Å²) in [5, 5.41) is 0. The van der Waals surface area contributed by atoms with Gasteiger partial charge in [-0.15, -0.1) is 0 Å². The highest BCUT2D eigenvalue weighted by Crippen LogP contribution is 2.01. The van der Waals surface area contributed by atoms with Gasteiger partial charge >= 0.3 is 0 Å². The van der Waals surface area contributed by atoms with Crippen LogP contribution in [0.5, 0.6) is 0 Å². The average molecular weight is 103 g/mol. The Bertz CT molecular complexity index is 46.5. The zero-order valence-corrected chi connectivity index (χ0v) is 5.41. The first-order valence-electron chi connectivity index (χ1n) is 2.41. The van der Waals surface area contributed by atoms with Crippen LogP contribution in [0.15, 0.2) is 0 Å². The van der Waals surface area contributed by atoms with Crippen molar-refractivity contribution in [1.29, 1.82) is 0 Å². The molecule has 0 aromatic heterocycles. The standard InChI is InChI=1S/C5H13NO/c1-5(2,3)7-6-4/h6H,1-4H3. The third-order valence-corrected chi connectivity index (χ3v) is 0.408. The second kappa shape index (κ2) is 2.28. The molecule has 44 valence electrons. The highest BCUT2D eigenvalue weighted by atomic mass is 16.7. The molecule has 0 radical (unpaired) electrons. The van der Waals surface area contributed by atoms with Crippen molar-refractivity contribution >= 4 is 0 Å². The maximum absolute atomic E-state index is 4.98. The van der Waals surface area contributed by atoms with Gasteiger partial charge in [0.15, 0.2) is 0 Å². The van der Waals surface area contributed by atoms with Gasteiger partial charge in [-0.05, 0) is 20.8 Å². The fourth-order valence-corrected chi connectivity index (χ4v) is 0.306. The topological polar surface area (TPSA) is 21.3 Å². The molecule has 0 fully saturated rings. The van der Waals surface area contributed by atoms with Crippen LogP contribution in [0, 0.1) is 0 Å². The predicted molar refractivity (Wildman–Crippen MR) is 29.9 cm³/mol. The van der Waals surface area contributed by atoms with Crippen molar-refractivity contribution in [2.75, 3.05) is 7.05 Å². The number of rotatable bonds is 1. The minimum atomic E-state index is -0.0608. The van der Waals surface area contributed by atoms with Crippen LogP contribution in [0.4, 0.5) is 0 Å². The molecule has 0 saturated heterocycles. The quantitative estimate of drug-likeness (QED) is 0.498. The van der Waals surface area contributed by atoms with Gasteiger partial charge in [0.05, 0.1) is 5.60 Å². The minimum absolute atomic E-state index is 0.0608. The van der Waals surface area contributed by atoms with Crippen LogP contribution in [0.3, 0.4) is 0 Å². The Morgan fingerprint density at radius 1 is 1.29 bits per heavy atom. The first kappa shape index (κ1) is 6.92. The van der Waals surface area contributed by atoms with Crippen LogP contribution in [0.25, 0.3) is 0 Å². The lowest BCUT2D eigenvalue weighted by molar-refractivity contribution is -0.0614. The van der Waals surface area contributed by atoms with E-state index >= 15 is 0 Å². The molecule has 0 aliphatic heterocycles. The van der Waals surface area contributed by atoms with E-state index in [0.29, 0.717) is 0 Å². The van der Waals surface area contributed by atoms with E-state index in [1.165, 1.54) is 0 Å². The number of hydroxylamine groups is 1. The summed E-state index contributed by atoms with van der Waals surface area (Å²) in [7, 11) is 1.76. The van der Waals surface area contributed by atoms with E-state index in [-0.39, 0.29) is 5.60 Å². The minimum Gasteiger partial charge on any atom is -0.296 e. The van der Waals surface area contributed by atoms with E-state index < -0.39 is 0 Å². The van der Waals surface area contributed by atoms with Gasteiger partial charge in [0, 0.05) is 7.05 Å². The second-order valence-electron chi connectivity index (χ2n) is 2.42. The molecule has 0 aliphatic carbocycles. The van der Waals surface area contributed by atoms with Gasteiger partial charge in [-0.1, -0.05) is 0 Å². The van der Waals surface area contributed by atoms with E-state index in [4.69, 9.17) is 4.84 Å². The SMILES string of the molecule is CNOC(C)(C)C. The van der Waals surface area contributed by atoms with Gasteiger partial charge in [-0.3, -0.25) is 4.84 Å². The average Bonchev–Trinajstić information content (AvgIpc) is 1.30. The number of hydrogen-bond acceptors (Lipinski definition) is 2. The van der Waals surface area contributed by atoms with Crippen molar-refractivity contribution in [3.8, 4) is 0 Å². The maximum atomic E-state index is 4.98. The molecular formula is C5H13NO. The lowest BCUT2D eigenvalue weighted by atomic mass is 10.2. The first-order chi connectivity index (χ1) is 3.06. The third kappa shape index (κ3) is 5.92. The van der Waals surface area contributed by atoms with Crippen molar-refractivity contribution in [2.24, 2.45) is 0 Å². The highest BCUT2D eigenvalue weighted by molar-refractivity contribution is 4.55. The lowest BCUT2D eigenvalue weighted by Crippen LogP contribution is -2.26. The Morgan fingerprint density at radius 2 is 1.71 bits per heavy atom. The molecule has 0 aromatic carbocycles. The van der Waals surface area contributed by atoms with E-state index in [1.807, 2.05) is 20.8 Å². The van der Waals surface area contributed by atoms with E-state index in [1.54, 1.807) is 7.05 Å². The molecule has 2 heteroatoms. The Morgan fingerprint density at radius 3 is 1.71 bits per heavy atom. The van der Waals surface area contributed by atoms with Gasteiger partial charge in [0.1, 0.15) is 0 Å². The Hall–Kier alpha value is -0.0800. The van der Waals surface area contributed by atoms with Gasteiger partial charge in [-0.25, -0.2) is 5.48 Å². The molecule has 0 saturated carbocycles. The molecule has 7 heavy (non-hydrogen) atoms. The molecule has 1 N–H and O–H groups in total. The lowest BCUT2D eigenvalue weighted by Gasteiger charge is -2.16. The smallest absolute Gasteiger partial charge is 0.0812 e. The summed E-state index contributed by atoms with van der Waals surface area (Å²) in [6.07, 6.45) is 0. The summed E-state index contributed by atoms with van der Waals surface area (Å²) >= 11 is 0. The zero-order valence-electron chi connectivity index (χ0n) is 5.41. The number of nitrogens with one attached hydrogen (secondary N) is 1. The molecule has 0 heterocycles. The summed E-state index contributed by atoms with van der Waals surface area (Å²) < 4.78 is 0. The molecule has 0 spiro atoms. The van der Waals surface area contributed by atoms with Crippen molar-refractivity contribution in [3.63, 3.8) is 0 Å². The molecule has 0 unspecified atom stereocenters. The summed E-state index contributed by atoms with van der Waals surface area (Å²) in [6, 6.07) is 0. The Labute approximate surface area is 44.8 Å². The van der Waals surface area contributed by atoms with Crippen molar-refractivity contribution < 1.29 is 4.84 Å². The predicted octanol–water partition coefficient (Wildman–Crippen LogP) is 0.936. The fraction of sp³-hybridized carbons (Fsp3) is 1.00. The summed E-state index contributed by atoms with van der Waals surface area (Å²) in [4.78, 5) is 4.98. The highest BCUT2D eigenvalue weighted by Gasteiger charge is 2.07. The van der Waals surface area contributed by atoms with Gasteiger partial charge in [0.2, 0.25) is 0 Å². The van der Waals surface area contributed by atoms with E-state index in [2.05, 4.69) is 5.48 Å². The first-order valence-corrected chi connectivity index (χ1v) is 2.41. The molecule has 0 atom stereocenters. The molecule has 0 bridgehead atoms. The molecule has 0 aromatic rings. The molecule has 0 aliphatic rings. The largest absolute Gasteiger partial charge is 0.296 e. The van der Waals surface area contributed by atoms with Crippen LogP contribution < -0.4 is 5.48 Å². The van der Waals surface area contributed by atoms with Crippen LogP contribution in [0.1, 0.15) is 20.8 Å². The molecule has 0 amide bonds. The van der Waals surface area contributed by atoms with Gasteiger partial charge < -0.3 is 0 Å². The Kier molecular flexibility index (Phi) is 2.26. The fourth-order valence-electron chi connectivity index (χ4n) is 0.306. The summed E-state index contributed by atoms with van der Waals surface area (Å²) in [5.41, 5.74) is 2.55. The van der Waals surface area contributed by atoms with Crippen molar-refractivity contribution in [2.45, 2.75) is 26.4 Å². The molecule has 0 rings (SSSR count). The van der Waals surface area contributed by atoms with Gasteiger partial charge in [-0.2, -0.15) is 0 Å².